The summed E-state index contributed by atoms with van der Waals surface area (Å²) in [6.07, 6.45) is 5.19. The Kier molecular flexibility index (Phi) is 7.95. The van der Waals surface area contributed by atoms with Crippen molar-refractivity contribution in [1.29, 1.82) is 0 Å². The highest BCUT2D eigenvalue weighted by Crippen LogP contribution is 2.36. The molecule has 1 saturated heterocycles. The first-order valence-electron chi connectivity index (χ1n) is 9.74. The van der Waals surface area contributed by atoms with Gasteiger partial charge in [-0.15, -0.1) is 12.4 Å². The highest BCUT2D eigenvalue weighted by Gasteiger charge is 2.28. The van der Waals surface area contributed by atoms with Gasteiger partial charge in [0.25, 0.3) is 0 Å². The van der Waals surface area contributed by atoms with Gasteiger partial charge < -0.3 is 14.6 Å². The van der Waals surface area contributed by atoms with Gasteiger partial charge in [0.2, 0.25) is 0 Å². The summed E-state index contributed by atoms with van der Waals surface area (Å²) in [6, 6.07) is 8.23. The Hall–Kier alpha value is -1.30. The Balaban J connectivity index is 0.00000261. The van der Waals surface area contributed by atoms with Gasteiger partial charge in [-0.05, 0) is 48.8 Å². The van der Waals surface area contributed by atoms with E-state index in [1.807, 2.05) is 12.1 Å². The van der Waals surface area contributed by atoms with E-state index in [-0.39, 0.29) is 24.9 Å². The first-order valence-corrected chi connectivity index (χ1v) is 9.74. The molecule has 1 N–H and O–H groups in total. The van der Waals surface area contributed by atoms with Gasteiger partial charge >= 0.3 is 5.97 Å². The molecule has 1 aromatic carbocycles. The summed E-state index contributed by atoms with van der Waals surface area (Å²) in [5.74, 6) is 0.178. The van der Waals surface area contributed by atoms with Crippen LogP contribution in [0.3, 0.4) is 0 Å². The third-order valence-corrected chi connectivity index (χ3v) is 5.63. The van der Waals surface area contributed by atoms with E-state index in [1.54, 1.807) is 0 Å². The van der Waals surface area contributed by atoms with Crippen LogP contribution in [0.2, 0.25) is 0 Å². The molecule has 0 aromatic heterocycles. The molecule has 1 unspecified atom stereocenters. The molecule has 1 aliphatic carbocycles. The largest absolute Gasteiger partial charge is 0.490 e. The maximum atomic E-state index is 10.8. The molecule has 5 nitrogen and oxygen atoms in total. The maximum Gasteiger partial charge on any atom is 0.304 e. The van der Waals surface area contributed by atoms with Gasteiger partial charge in [-0.25, -0.2) is 0 Å². The summed E-state index contributed by atoms with van der Waals surface area (Å²) in [5.41, 5.74) is 1.58. The van der Waals surface area contributed by atoms with Gasteiger partial charge in [0.1, 0.15) is 5.75 Å². The number of hydrogen-bond donors (Lipinski definition) is 1. The average molecular weight is 398 g/mol. The predicted molar refractivity (Wildman–Crippen MR) is 108 cm³/mol. The molecule has 27 heavy (non-hydrogen) atoms. The second kappa shape index (κ2) is 9.76. The van der Waals surface area contributed by atoms with Crippen LogP contribution in [-0.4, -0.2) is 48.3 Å². The SMILES string of the molecule is CC1(C)CCC(Oc2ccc(C3CN(CCC(=O)O)CCO3)cc2)CC1.Cl. The van der Waals surface area contributed by atoms with Crippen LogP contribution in [0.1, 0.15) is 57.6 Å². The number of halogens is 1. The van der Waals surface area contributed by atoms with Crippen LogP contribution in [0.15, 0.2) is 24.3 Å². The van der Waals surface area contributed by atoms with Crippen molar-refractivity contribution in [1.82, 2.24) is 4.90 Å². The summed E-state index contributed by atoms with van der Waals surface area (Å²) < 4.78 is 12.0. The van der Waals surface area contributed by atoms with Gasteiger partial charge in [0, 0.05) is 19.6 Å². The van der Waals surface area contributed by atoms with Crippen LogP contribution in [0.5, 0.6) is 5.75 Å². The molecule has 2 aliphatic rings. The summed E-state index contributed by atoms with van der Waals surface area (Å²) in [6.45, 7) is 7.42. The van der Waals surface area contributed by atoms with Crippen LogP contribution in [0.4, 0.5) is 0 Å². The highest BCUT2D eigenvalue weighted by atomic mass is 35.5. The number of aliphatic carboxylic acids is 1. The highest BCUT2D eigenvalue weighted by molar-refractivity contribution is 5.85. The molecule has 1 aromatic rings. The molecule has 0 radical (unpaired) electrons. The number of nitrogens with zero attached hydrogens (tertiary/aromatic N) is 1. The van der Waals surface area contributed by atoms with E-state index < -0.39 is 5.97 Å². The molecule has 0 amide bonds. The quantitative estimate of drug-likeness (QED) is 0.775. The average Bonchev–Trinajstić information content (AvgIpc) is 2.63. The van der Waals surface area contributed by atoms with Crippen molar-refractivity contribution in [2.24, 2.45) is 5.41 Å². The van der Waals surface area contributed by atoms with Gasteiger partial charge in [-0.1, -0.05) is 26.0 Å². The predicted octanol–water partition coefficient (Wildman–Crippen LogP) is 4.30. The Morgan fingerprint density at radius 1 is 1.26 bits per heavy atom. The summed E-state index contributed by atoms with van der Waals surface area (Å²) in [7, 11) is 0. The fourth-order valence-corrected chi connectivity index (χ4v) is 3.81. The number of carboxylic acid groups (broad SMARTS) is 1. The number of ether oxygens (including phenoxy) is 2. The summed E-state index contributed by atoms with van der Waals surface area (Å²) in [5, 5.41) is 8.85. The molecular formula is C21H32ClNO4. The van der Waals surface area contributed by atoms with Crippen LogP contribution in [0.25, 0.3) is 0 Å². The van der Waals surface area contributed by atoms with Crippen molar-refractivity contribution >= 4 is 18.4 Å². The topological polar surface area (TPSA) is 59.0 Å². The summed E-state index contributed by atoms with van der Waals surface area (Å²) >= 11 is 0. The van der Waals surface area contributed by atoms with E-state index in [0.717, 1.165) is 37.2 Å². The van der Waals surface area contributed by atoms with Crippen molar-refractivity contribution in [2.45, 2.75) is 58.2 Å². The number of hydrogen-bond acceptors (Lipinski definition) is 4. The van der Waals surface area contributed by atoms with E-state index in [4.69, 9.17) is 14.6 Å². The monoisotopic (exact) mass is 397 g/mol. The maximum absolute atomic E-state index is 10.8. The Morgan fingerprint density at radius 3 is 2.56 bits per heavy atom. The van der Waals surface area contributed by atoms with Crippen LogP contribution < -0.4 is 4.74 Å². The Morgan fingerprint density at radius 2 is 1.93 bits per heavy atom. The second-order valence-corrected chi connectivity index (χ2v) is 8.35. The first-order chi connectivity index (χ1) is 12.4. The lowest BCUT2D eigenvalue weighted by Gasteiger charge is -2.34. The van der Waals surface area contributed by atoms with Gasteiger partial charge in [-0.2, -0.15) is 0 Å². The minimum absolute atomic E-state index is 0. The molecule has 0 spiro atoms. The van der Waals surface area contributed by atoms with Crippen molar-refractivity contribution in [3.05, 3.63) is 29.8 Å². The lowest BCUT2D eigenvalue weighted by molar-refractivity contribution is -0.137. The van der Waals surface area contributed by atoms with Crippen molar-refractivity contribution in [3.63, 3.8) is 0 Å². The zero-order valence-corrected chi connectivity index (χ0v) is 17.2. The molecule has 1 atom stereocenters. The lowest BCUT2D eigenvalue weighted by atomic mass is 9.76. The third kappa shape index (κ3) is 6.66. The van der Waals surface area contributed by atoms with Crippen LogP contribution >= 0.6 is 12.4 Å². The zero-order valence-electron chi connectivity index (χ0n) is 16.4. The molecule has 0 bridgehead atoms. The molecule has 1 saturated carbocycles. The van der Waals surface area contributed by atoms with E-state index in [1.165, 1.54) is 12.8 Å². The first kappa shape index (κ1) is 22.0. The minimum atomic E-state index is -0.749. The van der Waals surface area contributed by atoms with Gasteiger partial charge in [0.05, 0.1) is 25.2 Å². The lowest BCUT2D eigenvalue weighted by Crippen LogP contribution is -2.39. The Bertz CT molecular complexity index is 595. The Labute approximate surface area is 168 Å². The molecule has 1 aliphatic heterocycles. The molecular weight excluding hydrogens is 366 g/mol. The van der Waals surface area contributed by atoms with E-state index >= 15 is 0 Å². The van der Waals surface area contributed by atoms with Crippen molar-refractivity contribution in [2.75, 3.05) is 26.2 Å². The number of morpholine rings is 1. The van der Waals surface area contributed by atoms with Crippen LogP contribution in [0, 0.1) is 5.41 Å². The fraction of sp³-hybridized carbons (Fsp3) is 0.667. The third-order valence-electron chi connectivity index (χ3n) is 5.63. The minimum Gasteiger partial charge on any atom is -0.490 e. The van der Waals surface area contributed by atoms with Crippen LogP contribution in [-0.2, 0) is 9.53 Å². The normalized spacial score (nSPS) is 23.4. The molecule has 6 heteroatoms. The molecule has 152 valence electrons. The van der Waals surface area contributed by atoms with Gasteiger partial charge in [-0.3, -0.25) is 9.69 Å². The second-order valence-electron chi connectivity index (χ2n) is 8.35. The summed E-state index contributed by atoms with van der Waals surface area (Å²) in [4.78, 5) is 12.9. The van der Waals surface area contributed by atoms with E-state index in [9.17, 15) is 4.79 Å². The smallest absolute Gasteiger partial charge is 0.304 e. The van der Waals surface area contributed by atoms with Crippen molar-refractivity contribution in [3.8, 4) is 5.75 Å². The van der Waals surface area contributed by atoms with Crippen molar-refractivity contribution < 1.29 is 19.4 Å². The number of carbonyl (C=O) groups is 1. The van der Waals surface area contributed by atoms with Gasteiger partial charge in [0.15, 0.2) is 0 Å². The number of carboxylic acids is 1. The van der Waals surface area contributed by atoms with E-state index in [2.05, 4.69) is 30.9 Å². The van der Waals surface area contributed by atoms with E-state index in [0.29, 0.717) is 24.7 Å². The molecule has 3 rings (SSSR count). The zero-order chi connectivity index (χ0) is 18.6. The standard InChI is InChI=1S/C21H31NO4.ClH/c1-21(2)10-7-18(8-11-21)26-17-5-3-16(4-6-17)19-15-22(13-14-25-19)12-9-20(23)24;/h3-6,18-19H,7-15H2,1-2H3,(H,23,24);1H. The molecule has 1 heterocycles. The number of rotatable bonds is 6. The number of benzene rings is 1. The fourth-order valence-electron chi connectivity index (χ4n) is 3.81. The molecule has 2 fully saturated rings.